The van der Waals surface area contributed by atoms with Gasteiger partial charge in [-0.2, -0.15) is 0 Å². The van der Waals surface area contributed by atoms with Gasteiger partial charge in [0.2, 0.25) is 0 Å². The highest BCUT2D eigenvalue weighted by atomic mass is 16.5. The summed E-state index contributed by atoms with van der Waals surface area (Å²) in [6.07, 6.45) is 0. The highest BCUT2D eigenvalue weighted by molar-refractivity contribution is 5.86. The highest BCUT2D eigenvalue weighted by Gasteiger charge is 2.23. The van der Waals surface area contributed by atoms with E-state index in [0.29, 0.717) is 12.0 Å². The van der Waals surface area contributed by atoms with Crippen LogP contribution in [0.1, 0.15) is 19.4 Å². The van der Waals surface area contributed by atoms with E-state index in [1.165, 1.54) is 16.3 Å². The molecule has 146 valence electrons. The van der Waals surface area contributed by atoms with Crippen LogP contribution in [0.5, 0.6) is 0 Å². The molecule has 0 radical (unpaired) electrons. The van der Waals surface area contributed by atoms with E-state index in [9.17, 15) is 0 Å². The molecule has 0 saturated carbocycles. The molecule has 1 aliphatic rings. The molecule has 0 amide bonds. The Morgan fingerprint density at radius 2 is 1.81 bits per heavy atom. The molecule has 1 heterocycles. The Balaban J connectivity index is 1.58. The van der Waals surface area contributed by atoms with Crippen LogP contribution >= 0.6 is 0 Å². The Bertz CT molecular complexity index is 748. The molecule has 1 unspecified atom stereocenters. The van der Waals surface area contributed by atoms with Gasteiger partial charge in [0.25, 0.3) is 0 Å². The second-order valence-electron chi connectivity index (χ2n) is 7.40. The number of morpholine rings is 1. The molecule has 1 aliphatic heterocycles. The second kappa shape index (κ2) is 9.72. The van der Waals surface area contributed by atoms with Crippen LogP contribution < -0.4 is 10.6 Å². The first-order valence-electron chi connectivity index (χ1n) is 9.92. The van der Waals surface area contributed by atoms with Gasteiger partial charge in [0.15, 0.2) is 5.96 Å². The smallest absolute Gasteiger partial charge is 0.191 e. The minimum Gasteiger partial charge on any atom is -0.379 e. The van der Waals surface area contributed by atoms with Crippen molar-refractivity contribution in [3.63, 3.8) is 0 Å². The molecule has 0 aliphatic carbocycles. The minimum absolute atomic E-state index is 0.477. The molecule has 1 atom stereocenters. The van der Waals surface area contributed by atoms with Crippen molar-refractivity contribution in [3.05, 3.63) is 48.0 Å². The van der Waals surface area contributed by atoms with Crippen LogP contribution in [0, 0.1) is 5.92 Å². The molecular formula is C22H32N4O. The van der Waals surface area contributed by atoms with Crippen LogP contribution in [0.15, 0.2) is 47.5 Å². The summed E-state index contributed by atoms with van der Waals surface area (Å²) in [5.74, 6) is 1.42. The quantitative estimate of drug-likeness (QED) is 0.608. The van der Waals surface area contributed by atoms with Crippen molar-refractivity contribution in [1.29, 1.82) is 0 Å². The third-order valence-corrected chi connectivity index (χ3v) is 5.31. The third kappa shape index (κ3) is 5.21. The van der Waals surface area contributed by atoms with E-state index in [2.05, 4.69) is 76.8 Å². The molecule has 5 nitrogen and oxygen atoms in total. The predicted molar refractivity (Wildman–Crippen MR) is 113 cm³/mol. The number of hydrogen-bond donors (Lipinski definition) is 2. The topological polar surface area (TPSA) is 48.9 Å². The van der Waals surface area contributed by atoms with Crippen LogP contribution in [0.3, 0.4) is 0 Å². The zero-order valence-electron chi connectivity index (χ0n) is 16.7. The number of aliphatic imine (C=N–C) groups is 1. The first-order valence-corrected chi connectivity index (χ1v) is 9.92. The standard InChI is InChI=1S/C22H32N4O/c1-17(2)21(26-11-13-27-14-12-26)16-25-22(23-3)24-15-19-9-6-8-18-7-4-5-10-20(18)19/h4-10,17,21H,11-16H2,1-3H3,(H2,23,24,25). The Morgan fingerprint density at radius 1 is 1.07 bits per heavy atom. The normalized spacial score (nSPS) is 17.3. The fourth-order valence-corrected chi connectivity index (χ4v) is 3.74. The molecule has 1 fully saturated rings. The molecule has 1 saturated heterocycles. The van der Waals surface area contributed by atoms with Crippen molar-refractivity contribution in [2.75, 3.05) is 39.9 Å². The van der Waals surface area contributed by atoms with Crippen LogP contribution in [0.2, 0.25) is 0 Å². The van der Waals surface area contributed by atoms with Gasteiger partial charge in [-0.3, -0.25) is 9.89 Å². The van der Waals surface area contributed by atoms with Gasteiger partial charge in [-0.05, 0) is 22.3 Å². The average Bonchev–Trinajstić information content (AvgIpc) is 2.71. The first kappa shape index (κ1) is 19.6. The molecule has 2 aromatic rings. The Labute approximate surface area is 162 Å². The Kier molecular flexibility index (Phi) is 7.07. The number of guanidine groups is 1. The van der Waals surface area contributed by atoms with Gasteiger partial charge in [-0.1, -0.05) is 56.3 Å². The molecule has 0 aromatic heterocycles. The number of ether oxygens (including phenoxy) is 1. The largest absolute Gasteiger partial charge is 0.379 e. The van der Waals surface area contributed by atoms with Crippen LogP contribution in [0.25, 0.3) is 10.8 Å². The number of fused-ring (bicyclic) bond motifs is 1. The first-order chi connectivity index (χ1) is 13.2. The monoisotopic (exact) mass is 368 g/mol. The second-order valence-corrected chi connectivity index (χ2v) is 7.40. The van der Waals surface area contributed by atoms with E-state index in [4.69, 9.17) is 4.74 Å². The van der Waals surface area contributed by atoms with E-state index in [1.807, 2.05) is 7.05 Å². The number of rotatable bonds is 6. The van der Waals surface area contributed by atoms with Crippen molar-refractivity contribution < 1.29 is 4.74 Å². The summed E-state index contributed by atoms with van der Waals surface area (Å²) in [5.41, 5.74) is 1.28. The molecular weight excluding hydrogens is 336 g/mol. The summed E-state index contributed by atoms with van der Waals surface area (Å²) in [7, 11) is 1.83. The minimum atomic E-state index is 0.477. The maximum absolute atomic E-state index is 5.50. The Hall–Kier alpha value is -2.11. The van der Waals surface area contributed by atoms with Crippen molar-refractivity contribution >= 4 is 16.7 Å². The van der Waals surface area contributed by atoms with Crippen molar-refractivity contribution in [2.24, 2.45) is 10.9 Å². The molecule has 2 aromatic carbocycles. The van der Waals surface area contributed by atoms with Crippen LogP contribution in [-0.2, 0) is 11.3 Å². The molecule has 3 rings (SSSR count). The molecule has 27 heavy (non-hydrogen) atoms. The third-order valence-electron chi connectivity index (χ3n) is 5.31. The van der Waals surface area contributed by atoms with Crippen LogP contribution in [0.4, 0.5) is 0 Å². The van der Waals surface area contributed by atoms with Crippen molar-refractivity contribution in [2.45, 2.75) is 26.4 Å². The summed E-state index contributed by atoms with van der Waals surface area (Å²) < 4.78 is 5.50. The van der Waals surface area contributed by atoms with Gasteiger partial charge >= 0.3 is 0 Å². The molecule has 0 spiro atoms. The average molecular weight is 369 g/mol. The van der Waals surface area contributed by atoms with Crippen molar-refractivity contribution in [3.8, 4) is 0 Å². The van der Waals surface area contributed by atoms with Gasteiger partial charge in [0.05, 0.1) is 13.2 Å². The SMILES string of the molecule is CN=C(NCc1cccc2ccccc12)NCC(C(C)C)N1CCOCC1. The maximum Gasteiger partial charge on any atom is 0.191 e. The lowest BCUT2D eigenvalue weighted by molar-refractivity contribution is 0.00752. The van der Waals surface area contributed by atoms with Crippen LogP contribution in [-0.4, -0.2) is 56.8 Å². The summed E-state index contributed by atoms with van der Waals surface area (Å²) in [4.78, 5) is 6.94. The molecule has 2 N–H and O–H groups in total. The molecule has 0 bridgehead atoms. The summed E-state index contributed by atoms with van der Waals surface area (Å²) in [6.45, 7) is 9.88. The van der Waals surface area contributed by atoms with Crippen molar-refractivity contribution in [1.82, 2.24) is 15.5 Å². The summed E-state index contributed by atoms with van der Waals surface area (Å²) in [6, 6.07) is 15.4. The molecule has 5 heteroatoms. The van der Waals surface area contributed by atoms with Gasteiger partial charge in [0.1, 0.15) is 0 Å². The lowest BCUT2D eigenvalue weighted by atomic mass is 10.0. The summed E-state index contributed by atoms with van der Waals surface area (Å²) >= 11 is 0. The Morgan fingerprint density at radius 3 is 2.56 bits per heavy atom. The van der Waals surface area contributed by atoms with E-state index in [-0.39, 0.29) is 0 Å². The number of nitrogens with zero attached hydrogens (tertiary/aromatic N) is 2. The number of nitrogens with one attached hydrogen (secondary N) is 2. The highest BCUT2D eigenvalue weighted by Crippen LogP contribution is 2.18. The fourth-order valence-electron chi connectivity index (χ4n) is 3.74. The van der Waals surface area contributed by atoms with Gasteiger partial charge < -0.3 is 15.4 Å². The van der Waals surface area contributed by atoms with Gasteiger partial charge in [0, 0.05) is 39.3 Å². The maximum atomic E-state index is 5.50. The van der Waals surface area contributed by atoms with Gasteiger partial charge in [-0.25, -0.2) is 0 Å². The van der Waals surface area contributed by atoms with E-state index >= 15 is 0 Å². The number of hydrogen-bond acceptors (Lipinski definition) is 3. The zero-order chi connectivity index (χ0) is 19.1. The van der Waals surface area contributed by atoms with Gasteiger partial charge in [-0.15, -0.1) is 0 Å². The fraction of sp³-hybridized carbons (Fsp3) is 0.500. The van der Waals surface area contributed by atoms with E-state index in [0.717, 1.165) is 45.4 Å². The lowest BCUT2D eigenvalue weighted by Crippen LogP contribution is -2.52. The summed E-state index contributed by atoms with van der Waals surface area (Å²) in [5, 5.41) is 9.55. The number of benzene rings is 2. The lowest BCUT2D eigenvalue weighted by Gasteiger charge is -2.37. The zero-order valence-corrected chi connectivity index (χ0v) is 16.7. The van der Waals surface area contributed by atoms with E-state index < -0.39 is 0 Å². The van der Waals surface area contributed by atoms with E-state index in [1.54, 1.807) is 0 Å². The predicted octanol–water partition coefficient (Wildman–Crippen LogP) is 2.86.